The maximum atomic E-state index is 11.9. The fourth-order valence-corrected chi connectivity index (χ4v) is 2.42. The second-order valence-electron chi connectivity index (χ2n) is 7.55. The Labute approximate surface area is 152 Å². The molecule has 1 unspecified atom stereocenters. The monoisotopic (exact) mass is 369 g/mol. The van der Waals surface area contributed by atoms with Gasteiger partial charge < -0.3 is 19.9 Å². The third kappa shape index (κ3) is 6.12. The van der Waals surface area contributed by atoms with Crippen molar-refractivity contribution in [3.8, 4) is 5.75 Å². The van der Waals surface area contributed by atoms with Crippen LogP contribution in [0.3, 0.4) is 0 Å². The van der Waals surface area contributed by atoms with Gasteiger partial charge in [0.25, 0.3) is 0 Å². The van der Waals surface area contributed by atoms with Crippen LogP contribution in [-0.4, -0.2) is 34.4 Å². The van der Waals surface area contributed by atoms with Crippen molar-refractivity contribution in [1.29, 1.82) is 0 Å². The van der Waals surface area contributed by atoms with Crippen molar-refractivity contribution >= 4 is 23.7 Å². The van der Waals surface area contributed by atoms with Gasteiger partial charge in [-0.1, -0.05) is 11.6 Å². The fourth-order valence-electron chi connectivity index (χ4n) is 2.22. The first kappa shape index (κ1) is 19.4. The molecule has 0 bridgehead atoms. The number of carbonyl (C=O) groups excluding carboxylic acids is 1. The van der Waals surface area contributed by atoms with Gasteiger partial charge in [0.1, 0.15) is 23.0 Å². The average molecular weight is 370 g/mol. The molecule has 0 aliphatic heterocycles. The van der Waals surface area contributed by atoms with Gasteiger partial charge in [0.05, 0.1) is 0 Å². The van der Waals surface area contributed by atoms with Gasteiger partial charge in [0.2, 0.25) is 0 Å². The van der Waals surface area contributed by atoms with Crippen LogP contribution in [0, 0.1) is 0 Å². The largest absolute Gasteiger partial charge is 0.487 e. The van der Waals surface area contributed by atoms with Gasteiger partial charge in [-0.15, -0.1) is 0 Å². The minimum Gasteiger partial charge on any atom is -0.487 e. The normalized spacial score (nSPS) is 16.7. The molecule has 1 aromatic carbocycles. The van der Waals surface area contributed by atoms with E-state index in [9.17, 15) is 14.7 Å². The zero-order valence-corrected chi connectivity index (χ0v) is 15.6. The Morgan fingerprint density at radius 3 is 2.52 bits per heavy atom. The van der Waals surface area contributed by atoms with Crippen molar-refractivity contribution in [3.63, 3.8) is 0 Å². The van der Waals surface area contributed by atoms with Gasteiger partial charge in [-0.05, 0) is 64.3 Å². The zero-order chi connectivity index (χ0) is 18.8. The molecule has 1 fully saturated rings. The van der Waals surface area contributed by atoms with Crippen molar-refractivity contribution in [1.82, 2.24) is 5.32 Å². The summed E-state index contributed by atoms with van der Waals surface area (Å²) in [7, 11) is 0. The van der Waals surface area contributed by atoms with Crippen LogP contribution in [0.15, 0.2) is 18.2 Å². The molecule has 6 nitrogen and oxygen atoms in total. The molecule has 0 saturated heterocycles. The van der Waals surface area contributed by atoms with E-state index in [1.807, 2.05) is 6.92 Å². The minimum absolute atomic E-state index is 0.0422. The highest BCUT2D eigenvalue weighted by atomic mass is 35.5. The van der Waals surface area contributed by atoms with E-state index in [1.165, 1.54) is 0 Å². The van der Waals surface area contributed by atoms with Crippen molar-refractivity contribution in [2.24, 2.45) is 0 Å². The number of hydrogen-bond donors (Lipinski definition) is 2. The molecule has 1 atom stereocenters. The quantitative estimate of drug-likeness (QED) is 0.796. The van der Waals surface area contributed by atoms with Gasteiger partial charge in [0.15, 0.2) is 0 Å². The van der Waals surface area contributed by atoms with Gasteiger partial charge in [-0.2, -0.15) is 0 Å². The molecular formula is C18H24ClNO5. The summed E-state index contributed by atoms with van der Waals surface area (Å²) in [5, 5.41) is 12.3. The molecule has 0 spiro atoms. The van der Waals surface area contributed by atoms with E-state index in [1.54, 1.807) is 39.0 Å². The van der Waals surface area contributed by atoms with Crippen LogP contribution < -0.4 is 10.1 Å². The van der Waals surface area contributed by atoms with Crippen molar-refractivity contribution in [2.75, 3.05) is 0 Å². The molecule has 1 aromatic rings. The van der Waals surface area contributed by atoms with Crippen LogP contribution in [0.25, 0.3) is 0 Å². The molecule has 2 N–H and O–H groups in total. The summed E-state index contributed by atoms with van der Waals surface area (Å²) in [5.41, 5.74) is -0.290. The number of nitrogens with one attached hydrogen (secondary N) is 1. The second-order valence-corrected chi connectivity index (χ2v) is 7.98. The van der Waals surface area contributed by atoms with E-state index in [2.05, 4.69) is 5.32 Å². The maximum absolute atomic E-state index is 11.9. The van der Waals surface area contributed by atoms with E-state index >= 15 is 0 Å². The molecule has 138 valence electrons. The second kappa shape index (κ2) is 7.12. The summed E-state index contributed by atoms with van der Waals surface area (Å²) in [6, 6.07) is 3.94. The molecule has 0 aromatic heterocycles. The highest BCUT2D eigenvalue weighted by molar-refractivity contribution is 6.30. The number of aliphatic carboxylic acids is 1. The Bertz CT molecular complexity index is 664. The Hall–Kier alpha value is -1.95. The Morgan fingerprint density at radius 2 is 2.00 bits per heavy atom. The first-order valence-electron chi connectivity index (χ1n) is 8.17. The predicted octanol–water partition coefficient (Wildman–Crippen LogP) is 3.79. The van der Waals surface area contributed by atoms with Crippen LogP contribution >= 0.6 is 11.6 Å². The molecule has 1 amide bonds. The van der Waals surface area contributed by atoms with E-state index in [-0.39, 0.29) is 12.0 Å². The summed E-state index contributed by atoms with van der Waals surface area (Å²) < 4.78 is 11.1. The number of carbonyl (C=O) groups is 2. The number of ether oxygens (including phenoxy) is 2. The lowest BCUT2D eigenvalue weighted by Gasteiger charge is -2.23. The number of amides is 1. The number of carboxylic acid groups (broad SMARTS) is 1. The molecule has 1 aliphatic carbocycles. The van der Waals surface area contributed by atoms with Gasteiger partial charge >= 0.3 is 12.1 Å². The van der Waals surface area contributed by atoms with Gasteiger partial charge in [-0.3, -0.25) is 0 Å². The third-order valence-corrected chi connectivity index (χ3v) is 3.98. The van der Waals surface area contributed by atoms with Gasteiger partial charge in [0, 0.05) is 11.4 Å². The highest BCUT2D eigenvalue weighted by Crippen LogP contribution is 2.41. The Kier molecular flexibility index (Phi) is 5.52. The SMILES string of the molecule is CC(C)(C)OC(=O)NC(Cc1cc(Cl)ccc1OC1(C)CC1)C(=O)O. The van der Waals surface area contributed by atoms with E-state index in [4.69, 9.17) is 21.1 Å². The number of halogens is 1. The van der Waals surface area contributed by atoms with Crippen LogP contribution in [-0.2, 0) is 16.0 Å². The van der Waals surface area contributed by atoms with Crippen LogP contribution in [0.1, 0.15) is 46.1 Å². The Balaban J connectivity index is 2.14. The number of benzene rings is 1. The van der Waals surface area contributed by atoms with Crippen molar-refractivity contribution in [3.05, 3.63) is 28.8 Å². The lowest BCUT2D eigenvalue weighted by molar-refractivity contribution is -0.139. The summed E-state index contributed by atoms with van der Waals surface area (Å²) in [4.78, 5) is 23.5. The molecule has 25 heavy (non-hydrogen) atoms. The number of carboxylic acids is 1. The standard InChI is InChI=1S/C18H24ClNO5/c1-17(2,3)25-16(23)20-13(15(21)22)10-11-9-12(19)5-6-14(11)24-18(4)7-8-18/h5-6,9,13H,7-8,10H2,1-4H3,(H,20,23)(H,21,22). The lowest BCUT2D eigenvalue weighted by Crippen LogP contribution is -2.44. The van der Waals surface area contributed by atoms with Crippen LogP contribution in [0.4, 0.5) is 4.79 Å². The molecule has 7 heteroatoms. The zero-order valence-electron chi connectivity index (χ0n) is 14.9. The highest BCUT2D eigenvalue weighted by Gasteiger charge is 2.40. The van der Waals surface area contributed by atoms with E-state index in [0.717, 1.165) is 12.8 Å². The minimum atomic E-state index is -1.16. The first-order chi connectivity index (χ1) is 11.5. The lowest BCUT2D eigenvalue weighted by atomic mass is 10.0. The van der Waals surface area contributed by atoms with Crippen molar-refractivity contribution in [2.45, 2.75) is 64.2 Å². The number of hydrogen-bond acceptors (Lipinski definition) is 4. The van der Waals surface area contributed by atoms with E-state index < -0.39 is 23.7 Å². The predicted molar refractivity (Wildman–Crippen MR) is 94.2 cm³/mol. The average Bonchev–Trinajstić information content (AvgIpc) is 3.16. The van der Waals surface area contributed by atoms with Crippen LogP contribution in [0.5, 0.6) is 5.75 Å². The molecule has 0 heterocycles. The summed E-state index contributed by atoms with van der Waals surface area (Å²) in [6.45, 7) is 7.13. The number of alkyl carbamates (subject to hydrolysis) is 1. The van der Waals surface area contributed by atoms with Crippen LogP contribution in [0.2, 0.25) is 5.02 Å². The summed E-state index contributed by atoms with van der Waals surface area (Å²) >= 11 is 6.04. The molecule has 1 saturated carbocycles. The fraction of sp³-hybridized carbons (Fsp3) is 0.556. The topological polar surface area (TPSA) is 84.9 Å². The van der Waals surface area contributed by atoms with Crippen molar-refractivity contribution < 1.29 is 24.2 Å². The summed E-state index contributed by atoms with van der Waals surface area (Å²) in [5.74, 6) is -0.573. The smallest absolute Gasteiger partial charge is 0.408 e. The first-order valence-corrected chi connectivity index (χ1v) is 8.55. The third-order valence-electron chi connectivity index (χ3n) is 3.75. The summed E-state index contributed by atoms with van der Waals surface area (Å²) in [6.07, 6.45) is 1.17. The molecule has 0 radical (unpaired) electrons. The molecule has 1 aliphatic rings. The molecular weight excluding hydrogens is 346 g/mol. The maximum Gasteiger partial charge on any atom is 0.408 e. The molecule has 2 rings (SSSR count). The van der Waals surface area contributed by atoms with E-state index in [0.29, 0.717) is 16.3 Å². The van der Waals surface area contributed by atoms with Gasteiger partial charge in [-0.25, -0.2) is 9.59 Å². The Morgan fingerprint density at radius 1 is 1.36 bits per heavy atom. The number of rotatable bonds is 6.